The van der Waals surface area contributed by atoms with Crippen LogP contribution >= 0.6 is 0 Å². The second-order valence-corrected chi connectivity index (χ2v) is 3.48. The molecule has 0 aliphatic heterocycles. The van der Waals surface area contributed by atoms with Crippen LogP contribution in [0.5, 0.6) is 0 Å². The first-order valence-electron chi connectivity index (χ1n) is 5.40. The Morgan fingerprint density at radius 1 is 1.08 bits per heavy atom. The fourth-order valence-electron chi connectivity index (χ4n) is 1.18. The molecule has 0 amide bonds. The van der Waals surface area contributed by atoms with Gasteiger partial charge in [-0.25, -0.2) is 0 Å². The predicted octanol–water partition coefficient (Wildman–Crippen LogP) is 3.45. The molecule has 1 unspecified atom stereocenters. The van der Waals surface area contributed by atoms with E-state index >= 15 is 0 Å². The summed E-state index contributed by atoms with van der Waals surface area (Å²) in [6, 6.07) is 0.694. The van der Waals surface area contributed by atoms with Gasteiger partial charge in [-0.05, 0) is 32.2 Å². The third-order valence-electron chi connectivity index (χ3n) is 1.57. The van der Waals surface area contributed by atoms with Crippen molar-refractivity contribution >= 4 is 0 Å². The fourth-order valence-corrected chi connectivity index (χ4v) is 1.18. The van der Waals surface area contributed by atoms with E-state index < -0.39 is 0 Å². The summed E-state index contributed by atoms with van der Waals surface area (Å²) in [7, 11) is 0. The summed E-state index contributed by atoms with van der Waals surface area (Å²) in [4.78, 5) is 0. The average Bonchev–Trinajstić information content (AvgIpc) is 2.03. The van der Waals surface area contributed by atoms with Crippen molar-refractivity contribution in [1.82, 2.24) is 5.32 Å². The van der Waals surface area contributed by atoms with Gasteiger partial charge in [-0.1, -0.05) is 34.6 Å². The van der Waals surface area contributed by atoms with Crippen molar-refractivity contribution < 1.29 is 0 Å². The molecule has 0 aromatic rings. The molecule has 76 valence electrons. The first-order chi connectivity index (χ1) is 5.66. The Kier molecular flexibility index (Phi) is 13.2. The zero-order valence-corrected chi connectivity index (χ0v) is 9.78. The van der Waals surface area contributed by atoms with Crippen molar-refractivity contribution in [3.8, 4) is 0 Å². The highest BCUT2D eigenvalue weighted by Crippen LogP contribution is 2.03. The second-order valence-electron chi connectivity index (χ2n) is 3.48. The van der Waals surface area contributed by atoms with E-state index in [4.69, 9.17) is 0 Å². The van der Waals surface area contributed by atoms with Crippen LogP contribution in [0.4, 0.5) is 0 Å². The number of hydrogen-bond acceptors (Lipinski definition) is 1. The van der Waals surface area contributed by atoms with Gasteiger partial charge in [0.05, 0.1) is 0 Å². The van der Waals surface area contributed by atoms with Gasteiger partial charge >= 0.3 is 0 Å². The summed E-state index contributed by atoms with van der Waals surface area (Å²) in [5.41, 5.74) is 0. The highest BCUT2D eigenvalue weighted by molar-refractivity contribution is 4.61. The molecular weight excluding hydrogens is 146 g/mol. The Hall–Kier alpha value is -0.0400. The lowest BCUT2D eigenvalue weighted by molar-refractivity contribution is 0.443. The summed E-state index contributed by atoms with van der Waals surface area (Å²) in [6.07, 6.45) is 2.53. The maximum absolute atomic E-state index is 3.46. The third-order valence-corrected chi connectivity index (χ3v) is 1.57. The maximum atomic E-state index is 3.46. The monoisotopic (exact) mass is 173 g/mol. The van der Waals surface area contributed by atoms with E-state index in [1.54, 1.807) is 0 Å². The van der Waals surface area contributed by atoms with E-state index in [1.165, 1.54) is 12.8 Å². The Balaban J connectivity index is 0. The van der Waals surface area contributed by atoms with E-state index in [-0.39, 0.29) is 0 Å². The number of rotatable bonds is 5. The van der Waals surface area contributed by atoms with Crippen LogP contribution in [0, 0.1) is 5.92 Å². The van der Waals surface area contributed by atoms with Crippen LogP contribution in [0.1, 0.15) is 54.4 Å². The van der Waals surface area contributed by atoms with Crippen LogP contribution in [-0.4, -0.2) is 12.6 Å². The zero-order valence-electron chi connectivity index (χ0n) is 9.78. The predicted molar refractivity (Wildman–Crippen MR) is 58.6 cm³/mol. The van der Waals surface area contributed by atoms with Crippen LogP contribution in [0.2, 0.25) is 0 Å². The molecule has 1 nitrogen and oxygen atoms in total. The standard InChI is InChI=1S/C9H21N.C2H6/c1-5-6-10-9(4)7-8(2)3;1-2/h8-10H,5-7H2,1-4H3;1-2H3. The highest BCUT2D eigenvalue weighted by Gasteiger charge is 2.01. The van der Waals surface area contributed by atoms with E-state index in [0.29, 0.717) is 6.04 Å². The van der Waals surface area contributed by atoms with Crippen LogP contribution in [0.3, 0.4) is 0 Å². The molecule has 1 N–H and O–H groups in total. The molecule has 0 heterocycles. The van der Waals surface area contributed by atoms with Crippen molar-refractivity contribution in [3.05, 3.63) is 0 Å². The van der Waals surface area contributed by atoms with E-state index in [0.717, 1.165) is 12.5 Å². The van der Waals surface area contributed by atoms with Crippen LogP contribution in [0.25, 0.3) is 0 Å². The number of nitrogens with one attached hydrogen (secondary N) is 1. The van der Waals surface area contributed by atoms with Crippen molar-refractivity contribution in [2.75, 3.05) is 6.54 Å². The molecule has 0 bridgehead atoms. The third kappa shape index (κ3) is 12.6. The minimum Gasteiger partial charge on any atom is -0.314 e. The minimum absolute atomic E-state index is 0.694. The normalized spacial score (nSPS) is 12.2. The second kappa shape index (κ2) is 11.0. The fraction of sp³-hybridized carbons (Fsp3) is 1.00. The Morgan fingerprint density at radius 3 is 1.92 bits per heavy atom. The largest absolute Gasteiger partial charge is 0.314 e. The summed E-state index contributed by atoms with van der Waals surface area (Å²) < 4.78 is 0. The zero-order chi connectivity index (χ0) is 9.98. The smallest absolute Gasteiger partial charge is 0.00411 e. The van der Waals surface area contributed by atoms with Gasteiger partial charge in [0, 0.05) is 6.04 Å². The van der Waals surface area contributed by atoms with Gasteiger partial charge in [0.25, 0.3) is 0 Å². The molecule has 0 radical (unpaired) electrons. The van der Waals surface area contributed by atoms with Crippen molar-refractivity contribution in [2.45, 2.75) is 60.4 Å². The molecule has 12 heavy (non-hydrogen) atoms. The molecule has 0 spiro atoms. The summed E-state index contributed by atoms with van der Waals surface area (Å²) in [6.45, 7) is 14.2. The quantitative estimate of drug-likeness (QED) is 0.671. The van der Waals surface area contributed by atoms with Gasteiger partial charge < -0.3 is 5.32 Å². The summed E-state index contributed by atoms with van der Waals surface area (Å²) in [5.74, 6) is 0.819. The van der Waals surface area contributed by atoms with Crippen molar-refractivity contribution in [3.63, 3.8) is 0 Å². The van der Waals surface area contributed by atoms with E-state index in [2.05, 4.69) is 33.0 Å². The molecule has 0 aliphatic rings. The molecular formula is C11H27N. The van der Waals surface area contributed by atoms with Crippen LogP contribution in [0.15, 0.2) is 0 Å². The van der Waals surface area contributed by atoms with Crippen LogP contribution in [-0.2, 0) is 0 Å². The molecule has 1 atom stereocenters. The lowest BCUT2D eigenvalue weighted by Gasteiger charge is -2.14. The Bertz CT molecular complexity index is 69.4. The van der Waals surface area contributed by atoms with Gasteiger partial charge in [-0.2, -0.15) is 0 Å². The Morgan fingerprint density at radius 2 is 1.58 bits per heavy atom. The lowest BCUT2D eigenvalue weighted by atomic mass is 10.1. The van der Waals surface area contributed by atoms with Gasteiger partial charge in [-0.3, -0.25) is 0 Å². The van der Waals surface area contributed by atoms with E-state index in [1.807, 2.05) is 13.8 Å². The molecule has 0 aromatic heterocycles. The summed E-state index contributed by atoms with van der Waals surface area (Å²) in [5, 5.41) is 3.46. The van der Waals surface area contributed by atoms with Gasteiger partial charge in [0.15, 0.2) is 0 Å². The van der Waals surface area contributed by atoms with Crippen molar-refractivity contribution in [1.29, 1.82) is 0 Å². The maximum Gasteiger partial charge on any atom is 0.00411 e. The molecule has 0 saturated carbocycles. The first kappa shape index (κ1) is 14.5. The minimum atomic E-state index is 0.694. The van der Waals surface area contributed by atoms with Gasteiger partial charge in [-0.15, -0.1) is 0 Å². The van der Waals surface area contributed by atoms with Gasteiger partial charge in [0.2, 0.25) is 0 Å². The molecule has 0 saturated heterocycles. The molecule has 0 aromatic carbocycles. The number of hydrogen-bond donors (Lipinski definition) is 1. The lowest BCUT2D eigenvalue weighted by Crippen LogP contribution is -2.27. The molecule has 0 rings (SSSR count). The molecule has 0 fully saturated rings. The Labute approximate surface area is 78.9 Å². The SMILES string of the molecule is CC.CCCNC(C)CC(C)C. The topological polar surface area (TPSA) is 12.0 Å². The summed E-state index contributed by atoms with van der Waals surface area (Å²) >= 11 is 0. The molecule has 0 aliphatic carbocycles. The van der Waals surface area contributed by atoms with Crippen molar-refractivity contribution in [2.24, 2.45) is 5.92 Å². The average molecular weight is 173 g/mol. The van der Waals surface area contributed by atoms with Crippen LogP contribution < -0.4 is 5.32 Å². The highest BCUT2D eigenvalue weighted by atomic mass is 14.9. The first-order valence-corrected chi connectivity index (χ1v) is 5.40. The van der Waals surface area contributed by atoms with E-state index in [9.17, 15) is 0 Å². The molecule has 1 heteroatoms. The van der Waals surface area contributed by atoms with Gasteiger partial charge in [0.1, 0.15) is 0 Å².